The Bertz CT molecular complexity index is 975. The van der Waals surface area contributed by atoms with Gasteiger partial charge in [0.1, 0.15) is 0 Å². The minimum absolute atomic E-state index is 0.0270. The molecule has 0 spiro atoms. The number of carbonyl (C=O) groups excluding carboxylic acids is 1. The molecular formula is C22H25ClN4O2S. The summed E-state index contributed by atoms with van der Waals surface area (Å²) in [6.45, 7) is 5.42. The van der Waals surface area contributed by atoms with Crippen molar-refractivity contribution < 1.29 is 9.32 Å². The van der Waals surface area contributed by atoms with Crippen LogP contribution in [0.4, 0.5) is 0 Å². The van der Waals surface area contributed by atoms with Gasteiger partial charge in [-0.25, -0.2) is 0 Å². The van der Waals surface area contributed by atoms with Gasteiger partial charge in [-0.1, -0.05) is 41.0 Å². The molecule has 0 radical (unpaired) electrons. The van der Waals surface area contributed by atoms with Crippen molar-refractivity contribution in [3.63, 3.8) is 0 Å². The molecule has 1 aliphatic heterocycles. The molecule has 1 aliphatic rings. The number of thiophene rings is 1. The number of hydrogen-bond donors (Lipinski definition) is 0. The Labute approximate surface area is 185 Å². The zero-order valence-electron chi connectivity index (χ0n) is 17.0. The van der Waals surface area contributed by atoms with Crippen LogP contribution in [-0.4, -0.2) is 45.5 Å². The standard InChI is InChI=1S/C22H25ClN4O2S/c1-2-27(15-20-24-21(25-29-20)19-10-6-12-30-19)22(28)17-8-5-11-26(14-17)13-16-7-3-4-9-18(16)23/h3-4,6-7,9-10,12,17H,2,5,8,11,13-15H2,1H3. The first-order valence-electron chi connectivity index (χ1n) is 10.2. The summed E-state index contributed by atoms with van der Waals surface area (Å²) >= 11 is 7.88. The molecule has 0 bridgehead atoms. The van der Waals surface area contributed by atoms with Crippen LogP contribution < -0.4 is 0 Å². The molecule has 158 valence electrons. The SMILES string of the molecule is CCN(Cc1nc(-c2cccs2)no1)C(=O)C1CCCN(Cc2ccccc2Cl)C1. The van der Waals surface area contributed by atoms with Crippen LogP contribution in [0.15, 0.2) is 46.3 Å². The number of piperidine rings is 1. The average molecular weight is 445 g/mol. The fourth-order valence-electron chi connectivity index (χ4n) is 3.86. The molecule has 1 atom stereocenters. The maximum absolute atomic E-state index is 13.2. The van der Waals surface area contributed by atoms with Gasteiger partial charge in [0.05, 0.1) is 17.3 Å². The number of aromatic nitrogens is 2. The van der Waals surface area contributed by atoms with Gasteiger partial charge in [-0.2, -0.15) is 4.98 Å². The molecule has 0 aliphatic carbocycles. The lowest BCUT2D eigenvalue weighted by Crippen LogP contribution is -2.44. The molecule has 8 heteroatoms. The Kier molecular flexibility index (Phi) is 6.82. The van der Waals surface area contributed by atoms with Crippen LogP contribution in [0.3, 0.4) is 0 Å². The van der Waals surface area contributed by atoms with Gasteiger partial charge in [0.15, 0.2) is 0 Å². The number of hydrogen-bond acceptors (Lipinski definition) is 6. The first-order valence-corrected chi connectivity index (χ1v) is 11.5. The van der Waals surface area contributed by atoms with E-state index in [0.717, 1.165) is 47.9 Å². The molecule has 0 N–H and O–H groups in total. The highest BCUT2D eigenvalue weighted by Gasteiger charge is 2.30. The first-order chi connectivity index (χ1) is 14.6. The van der Waals surface area contributed by atoms with E-state index in [2.05, 4.69) is 15.0 Å². The number of likely N-dealkylation sites (tertiary alicyclic amines) is 1. The second-order valence-electron chi connectivity index (χ2n) is 7.51. The third-order valence-corrected chi connectivity index (χ3v) is 6.67. The molecule has 2 aromatic heterocycles. The van der Waals surface area contributed by atoms with Crippen LogP contribution in [0.1, 0.15) is 31.2 Å². The van der Waals surface area contributed by atoms with Crippen molar-refractivity contribution >= 4 is 28.8 Å². The summed E-state index contributed by atoms with van der Waals surface area (Å²) in [4.78, 5) is 22.8. The first kappa shape index (κ1) is 21.0. The molecule has 3 aromatic rings. The molecule has 30 heavy (non-hydrogen) atoms. The minimum Gasteiger partial charge on any atom is -0.337 e. The van der Waals surface area contributed by atoms with Crippen molar-refractivity contribution in [2.45, 2.75) is 32.9 Å². The molecule has 6 nitrogen and oxygen atoms in total. The Morgan fingerprint density at radius 1 is 1.33 bits per heavy atom. The number of amides is 1. The van der Waals surface area contributed by atoms with E-state index in [1.807, 2.05) is 53.6 Å². The van der Waals surface area contributed by atoms with Crippen molar-refractivity contribution in [3.8, 4) is 10.7 Å². The Morgan fingerprint density at radius 2 is 2.20 bits per heavy atom. The van der Waals surface area contributed by atoms with E-state index in [4.69, 9.17) is 16.1 Å². The van der Waals surface area contributed by atoms with Gasteiger partial charge < -0.3 is 9.42 Å². The summed E-state index contributed by atoms with van der Waals surface area (Å²) in [6, 6.07) is 11.8. The van der Waals surface area contributed by atoms with Gasteiger partial charge in [-0.05, 0) is 49.4 Å². The second-order valence-corrected chi connectivity index (χ2v) is 8.86. The summed E-state index contributed by atoms with van der Waals surface area (Å²) in [5.74, 6) is 1.17. The average Bonchev–Trinajstić information content (AvgIpc) is 3.45. The predicted octanol–water partition coefficient (Wildman–Crippen LogP) is 4.71. The fourth-order valence-corrected chi connectivity index (χ4v) is 4.70. The molecule has 1 unspecified atom stereocenters. The number of benzene rings is 1. The quantitative estimate of drug-likeness (QED) is 0.528. The molecule has 1 saturated heterocycles. The molecule has 0 saturated carbocycles. The van der Waals surface area contributed by atoms with Crippen LogP contribution >= 0.6 is 22.9 Å². The maximum Gasteiger partial charge on any atom is 0.246 e. The number of halogens is 1. The highest BCUT2D eigenvalue weighted by molar-refractivity contribution is 7.13. The summed E-state index contributed by atoms with van der Waals surface area (Å²) < 4.78 is 5.40. The van der Waals surface area contributed by atoms with Crippen molar-refractivity contribution in [1.82, 2.24) is 19.9 Å². The van der Waals surface area contributed by atoms with Crippen LogP contribution in [0, 0.1) is 5.92 Å². The van der Waals surface area contributed by atoms with Crippen LogP contribution in [0.5, 0.6) is 0 Å². The molecular weight excluding hydrogens is 420 g/mol. The minimum atomic E-state index is -0.0270. The lowest BCUT2D eigenvalue weighted by atomic mass is 9.96. The Balaban J connectivity index is 1.38. The van der Waals surface area contributed by atoms with E-state index < -0.39 is 0 Å². The maximum atomic E-state index is 13.2. The van der Waals surface area contributed by atoms with E-state index in [0.29, 0.717) is 24.8 Å². The molecule has 1 amide bonds. The number of nitrogens with zero attached hydrogens (tertiary/aromatic N) is 4. The molecule has 3 heterocycles. The topological polar surface area (TPSA) is 62.5 Å². The summed E-state index contributed by atoms with van der Waals surface area (Å²) in [7, 11) is 0. The lowest BCUT2D eigenvalue weighted by Gasteiger charge is -2.34. The van der Waals surface area contributed by atoms with Crippen molar-refractivity contribution in [1.29, 1.82) is 0 Å². The van der Waals surface area contributed by atoms with Crippen molar-refractivity contribution in [3.05, 3.63) is 58.3 Å². The van der Waals surface area contributed by atoms with Crippen molar-refractivity contribution in [2.75, 3.05) is 19.6 Å². The third kappa shape index (κ3) is 4.91. The smallest absolute Gasteiger partial charge is 0.246 e. The zero-order valence-corrected chi connectivity index (χ0v) is 18.5. The monoisotopic (exact) mass is 444 g/mol. The Hall–Kier alpha value is -2.22. The van der Waals surface area contributed by atoms with Crippen molar-refractivity contribution in [2.24, 2.45) is 5.92 Å². The molecule has 1 aromatic carbocycles. The van der Waals surface area contributed by atoms with Gasteiger partial charge >= 0.3 is 0 Å². The predicted molar refractivity (Wildman–Crippen MR) is 118 cm³/mol. The van der Waals surface area contributed by atoms with Crippen LogP contribution in [0.2, 0.25) is 5.02 Å². The van der Waals surface area contributed by atoms with Gasteiger partial charge in [0, 0.05) is 24.7 Å². The van der Waals surface area contributed by atoms with Gasteiger partial charge in [0.25, 0.3) is 0 Å². The molecule has 1 fully saturated rings. The lowest BCUT2D eigenvalue weighted by molar-refractivity contribution is -0.138. The fraction of sp³-hybridized carbons (Fsp3) is 0.409. The van der Waals surface area contributed by atoms with E-state index >= 15 is 0 Å². The van der Waals surface area contributed by atoms with Gasteiger partial charge in [0.2, 0.25) is 17.6 Å². The second kappa shape index (κ2) is 9.73. The summed E-state index contributed by atoms with van der Waals surface area (Å²) in [5, 5.41) is 6.80. The Morgan fingerprint density at radius 3 is 2.97 bits per heavy atom. The summed E-state index contributed by atoms with van der Waals surface area (Å²) in [5.41, 5.74) is 1.10. The highest BCUT2D eigenvalue weighted by Crippen LogP contribution is 2.25. The zero-order chi connectivity index (χ0) is 20.9. The van der Waals surface area contributed by atoms with E-state index in [1.165, 1.54) is 0 Å². The normalized spacial score (nSPS) is 17.2. The highest BCUT2D eigenvalue weighted by atomic mass is 35.5. The van der Waals surface area contributed by atoms with Crippen LogP contribution in [-0.2, 0) is 17.9 Å². The van der Waals surface area contributed by atoms with E-state index in [-0.39, 0.29) is 11.8 Å². The largest absolute Gasteiger partial charge is 0.337 e. The van der Waals surface area contributed by atoms with E-state index in [9.17, 15) is 4.79 Å². The number of rotatable bonds is 7. The van der Waals surface area contributed by atoms with E-state index in [1.54, 1.807) is 11.3 Å². The van der Waals surface area contributed by atoms with Gasteiger partial charge in [-0.3, -0.25) is 9.69 Å². The molecule has 4 rings (SSSR count). The summed E-state index contributed by atoms with van der Waals surface area (Å²) in [6.07, 6.45) is 1.90. The van der Waals surface area contributed by atoms with Gasteiger partial charge in [-0.15, -0.1) is 11.3 Å². The number of carbonyl (C=O) groups is 1. The van der Waals surface area contributed by atoms with Crippen LogP contribution in [0.25, 0.3) is 10.7 Å². The third-order valence-electron chi connectivity index (χ3n) is 5.44.